The minimum atomic E-state index is -2.98. The third kappa shape index (κ3) is 6.37. The van der Waals surface area contributed by atoms with E-state index in [9.17, 15) is 13.6 Å². The summed E-state index contributed by atoms with van der Waals surface area (Å²) in [6, 6.07) is 4.17. The first-order valence-electron chi connectivity index (χ1n) is 6.06. The van der Waals surface area contributed by atoms with Gasteiger partial charge in [0.1, 0.15) is 6.61 Å². The second-order valence-corrected chi connectivity index (χ2v) is 3.84. The number of nitrogens with one attached hydrogen (secondary N) is 1. The Labute approximate surface area is 120 Å². The standard InChI is InChI=1S/C13H17F2NO5/c1-18-5-6-20-8-12(17)16-9-3-4-10(19-2)11(7-9)21-13(14)15/h3-4,7,13H,5-6,8H2,1-2H3,(H,16,17). The summed E-state index contributed by atoms with van der Waals surface area (Å²) >= 11 is 0. The summed E-state index contributed by atoms with van der Waals surface area (Å²) < 4.78 is 43.5. The van der Waals surface area contributed by atoms with Gasteiger partial charge in [0, 0.05) is 18.9 Å². The van der Waals surface area contributed by atoms with Gasteiger partial charge in [0.15, 0.2) is 11.5 Å². The molecule has 6 nitrogen and oxygen atoms in total. The van der Waals surface area contributed by atoms with Crippen LogP contribution in [0.4, 0.5) is 14.5 Å². The number of amides is 1. The molecule has 21 heavy (non-hydrogen) atoms. The molecular formula is C13H17F2NO5. The fraction of sp³-hybridized carbons (Fsp3) is 0.462. The van der Waals surface area contributed by atoms with Crippen LogP contribution in [0.2, 0.25) is 0 Å². The molecule has 0 aliphatic rings. The summed E-state index contributed by atoms with van der Waals surface area (Å²) in [5, 5.41) is 2.50. The lowest BCUT2D eigenvalue weighted by Gasteiger charge is -2.12. The molecule has 0 aliphatic heterocycles. The highest BCUT2D eigenvalue weighted by molar-refractivity contribution is 5.92. The largest absolute Gasteiger partial charge is 0.493 e. The molecule has 0 heterocycles. The van der Waals surface area contributed by atoms with Gasteiger partial charge in [-0.25, -0.2) is 0 Å². The van der Waals surface area contributed by atoms with E-state index in [1.165, 1.54) is 32.4 Å². The van der Waals surface area contributed by atoms with Gasteiger partial charge >= 0.3 is 6.61 Å². The van der Waals surface area contributed by atoms with Crippen LogP contribution in [0.25, 0.3) is 0 Å². The van der Waals surface area contributed by atoms with Crippen molar-refractivity contribution in [1.82, 2.24) is 0 Å². The van der Waals surface area contributed by atoms with Gasteiger partial charge in [-0.3, -0.25) is 4.79 Å². The van der Waals surface area contributed by atoms with E-state index in [2.05, 4.69) is 10.1 Å². The first kappa shape index (κ1) is 17.1. The maximum atomic E-state index is 12.3. The monoisotopic (exact) mass is 305 g/mol. The second-order valence-electron chi connectivity index (χ2n) is 3.84. The molecule has 118 valence electrons. The van der Waals surface area contributed by atoms with Crippen LogP contribution in [0, 0.1) is 0 Å². The molecule has 1 aromatic rings. The molecular weight excluding hydrogens is 288 g/mol. The minimum absolute atomic E-state index is 0.143. The van der Waals surface area contributed by atoms with Crippen molar-refractivity contribution in [3.8, 4) is 11.5 Å². The van der Waals surface area contributed by atoms with Crippen molar-refractivity contribution >= 4 is 11.6 Å². The number of anilines is 1. The lowest BCUT2D eigenvalue weighted by molar-refractivity contribution is -0.121. The van der Waals surface area contributed by atoms with E-state index in [-0.39, 0.29) is 24.7 Å². The van der Waals surface area contributed by atoms with Crippen molar-refractivity contribution in [2.24, 2.45) is 0 Å². The third-order valence-corrected chi connectivity index (χ3v) is 2.33. The summed E-state index contributed by atoms with van der Waals surface area (Å²) in [4.78, 5) is 11.6. The molecule has 0 radical (unpaired) electrons. The predicted octanol–water partition coefficient (Wildman–Crippen LogP) is 1.90. The molecule has 0 fully saturated rings. The van der Waals surface area contributed by atoms with Crippen LogP contribution in [0.5, 0.6) is 11.5 Å². The lowest BCUT2D eigenvalue weighted by Crippen LogP contribution is -2.19. The molecule has 1 rings (SSSR count). The molecule has 1 amide bonds. The Morgan fingerprint density at radius 1 is 1.24 bits per heavy atom. The molecule has 8 heteroatoms. The van der Waals surface area contributed by atoms with Crippen molar-refractivity contribution in [3.63, 3.8) is 0 Å². The zero-order valence-corrected chi connectivity index (χ0v) is 11.7. The van der Waals surface area contributed by atoms with Crippen molar-refractivity contribution in [2.45, 2.75) is 6.61 Å². The lowest BCUT2D eigenvalue weighted by atomic mass is 10.2. The summed E-state index contributed by atoms with van der Waals surface area (Å²) in [7, 11) is 2.85. The Balaban J connectivity index is 2.60. The fourth-order valence-corrected chi connectivity index (χ4v) is 1.45. The number of methoxy groups -OCH3 is 2. The van der Waals surface area contributed by atoms with Gasteiger partial charge in [-0.2, -0.15) is 8.78 Å². The Bertz CT molecular complexity index is 456. The number of alkyl halides is 2. The number of ether oxygens (including phenoxy) is 4. The fourth-order valence-electron chi connectivity index (χ4n) is 1.45. The molecule has 0 atom stereocenters. The highest BCUT2D eigenvalue weighted by atomic mass is 19.3. The summed E-state index contributed by atoms with van der Waals surface area (Å²) in [6.45, 7) is -2.49. The quantitative estimate of drug-likeness (QED) is 0.706. The molecule has 0 bridgehead atoms. The number of rotatable bonds is 9. The average molecular weight is 305 g/mol. The van der Waals surface area contributed by atoms with Gasteiger partial charge in [0.05, 0.1) is 20.3 Å². The molecule has 1 aromatic carbocycles. The van der Waals surface area contributed by atoms with Crippen LogP contribution >= 0.6 is 0 Å². The smallest absolute Gasteiger partial charge is 0.387 e. The highest BCUT2D eigenvalue weighted by Crippen LogP contribution is 2.31. The van der Waals surface area contributed by atoms with Crippen LogP contribution in [0.1, 0.15) is 0 Å². The van der Waals surface area contributed by atoms with E-state index in [0.717, 1.165) is 0 Å². The number of benzene rings is 1. The zero-order valence-electron chi connectivity index (χ0n) is 11.7. The van der Waals surface area contributed by atoms with E-state index >= 15 is 0 Å². The van der Waals surface area contributed by atoms with E-state index in [0.29, 0.717) is 12.3 Å². The number of halogens is 2. The Morgan fingerprint density at radius 2 is 2.00 bits per heavy atom. The first-order chi connectivity index (χ1) is 10.1. The predicted molar refractivity (Wildman–Crippen MR) is 71.0 cm³/mol. The topological polar surface area (TPSA) is 66.0 Å². The number of hydrogen-bond donors (Lipinski definition) is 1. The molecule has 0 aromatic heterocycles. The maximum Gasteiger partial charge on any atom is 0.387 e. The molecule has 0 aliphatic carbocycles. The average Bonchev–Trinajstić information content (AvgIpc) is 2.43. The molecule has 0 saturated carbocycles. The molecule has 1 N–H and O–H groups in total. The summed E-state index contributed by atoms with van der Waals surface area (Å²) in [5.41, 5.74) is 0.298. The molecule has 0 spiro atoms. The van der Waals surface area contributed by atoms with Crippen LogP contribution < -0.4 is 14.8 Å². The maximum absolute atomic E-state index is 12.3. The van der Waals surface area contributed by atoms with Crippen LogP contribution in [-0.4, -0.2) is 46.6 Å². The van der Waals surface area contributed by atoms with Crippen molar-refractivity contribution in [1.29, 1.82) is 0 Å². The van der Waals surface area contributed by atoms with Gasteiger partial charge in [-0.15, -0.1) is 0 Å². The molecule has 0 unspecified atom stereocenters. The van der Waals surface area contributed by atoms with Crippen LogP contribution in [0.15, 0.2) is 18.2 Å². The highest BCUT2D eigenvalue weighted by Gasteiger charge is 2.12. The Hall–Kier alpha value is -1.93. The third-order valence-electron chi connectivity index (χ3n) is 2.33. The van der Waals surface area contributed by atoms with Gasteiger partial charge in [0.25, 0.3) is 0 Å². The number of hydrogen-bond acceptors (Lipinski definition) is 5. The normalized spacial score (nSPS) is 10.5. The van der Waals surface area contributed by atoms with Gasteiger partial charge in [-0.05, 0) is 12.1 Å². The van der Waals surface area contributed by atoms with Crippen molar-refractivity contribution < 1.29 is 32.5 Å². The Kier molecular flexibility index (Phi) is 7.41. The number of carbonyl (C=O) groups excluding carboxylic acids is 1. The van der Waals surface area contributed by atoms with E-state index in [1.807, 2.05) is 0 Å². The zero-order chi connectivity index (χ0) is 15.7. The second kappa shape index (κ2) is 9.09. The van der Waals surface area contributed by atoms with Gasteiger partial charge < -0.3 is 24.3 Å². The summed E-state index contributed by atoms with van der Waals surface area (Å²) in [6.07, 6.45) is 0. The SMILES string of the molecule is COCCOCC(=O)Nc1ccc(OC)c(OC(F)F)c1. The molecule has 0 saturated heterocycles. The van der Waals surface area contributed by atoms with Crippen LogP contribution in [0.3, 0.4) is 0 Å². The number of carbonyl (C=O) groups is 1. The Morgan fingerprint density at radius 3 is 2.62 bits per heavy atom. The van der Waals surface area contributed by atoms with Crippen molar-refractivity contribution in [3.05, 3.63) is 18.2 Å². The first-order valence-corrected chi connectivity index (χ1v) is 6.06. The van der Waals surface area contributed by atoms with E-state index in [4.69, 9.17) is 14.2 Å². The van der Waals surface area contributed by atoms with Crippen LogP contribution in [-0.2, 0) is 14.3 Å². The van der Waals surface area contributed by atoms with E-state index < -0.39 is 12.5 Å². The minimum Gasteiger partial charge on any atom is -0.493 e. The summed E-state index contributed by atoms with van der Waals surface area (Å²) in [5.74, 6) is -0.436. The van der Waals surface area contributed by atoms with Gasteiger partial charge in [-0.1, -0.05) is 0 Å². The van der Waals surface area contributed by atoms with E-state index in [1.54, 1.807) is 0 Å². The van der Waals surface area contributed by atoms with Crippen molar-refractivity contribution in [2.75, 3.05) is 39.4 Å². The van der Waals surface area contributed by atoms with Gasteiger partial charge in [0.2, 0.25) is 5.91 Å².